The van der Waals surface area contributed by atoms with Gasteiger partial charge < -0.3 is 9.55 Å². The van der Waals surface area contributed by atoms with E-state index in [9.17, 15) is 4.79 Å². The second-order valence-electron chi connectivity index (χ2n) is 6.93. The number of fused-ring (bicyclic) bond motifs is 3. The van der Waals surface area contributed by atoms with Gasteiger partial charge in [0, 0.05) is 66.8 Å². The maximum Gasteiger partial charge on any atom is 0.190 e. The van der Waals surface area contributed by atoms with Gasteiger partial charge in [0.05, 0.1) is 10.9 Å². The van der Waals surface area contributed by atoms with Crippen LogP contribution in [0.3, 0.4) is 0 Å². The summed E-state index contributed by atoms with van der Waals surface area (Å²) >= 11 is 7.49. The molecule has 27 heavy (non-hydrogen) atoms. The topological polar surface area (TPSA) is 66.8 Å². The largest absolute Gasteiger partial charge is 0.346 e. The van der Waals surface area contributed by atoms with Crippen LogP contribution in [0.25, 0.3) is 21.9 Å². The maximum absolute atomic E-state index is 12.3. The van der Waals surface area contributed by atoms with E-state index < -0.39 is 0 Å². The first-order valence-electron chi connectivity index (χ1n) is 8.98. The van der Waals surface area contributed by atoms with Crippen molar-refractivity contribution in [2.45, 2.75) is 25.4 Å². The Morgan fingerprint density at radius 2 is 2.04 bits per heavy atom. The lowest BCUT2D eigenvalue weighted by Crippen LogP contribution is -2.34. The number of hydrogen-bond donors (Lipinski definition) is 1. The number of aromatic nitrogens is 4. The summed E-state index contributed by atoms with van der Waals surface area (Å²) < 4.78 is 2.87. The Kier molecular flexibility index (Phi) is 4.22. The fourth-order valence-electron chi connectivity index (χ4n) is 4.00. The van der Waals surface area contributed by atoms with Crippen molar-refractivity contribution in [3.05, 3.63) is 56.5 Å². The molecule has 1 saturated heterocycles. The molecule has 0 amide bonds. The molecule has 5 heterocycles. The van der Waals surface area contributed by atoms with Crippen molar-refractivity contribution in [2.24, 2.45) is 0 Å². The summed E-state index contributed by atoms with van der Waals surface area (Å²) in [5.41, 5.74) is 1.83. The SMILES string of the molecule is O=c1ccn(C2CCN(Cc3cnc(Cl)s3)CC2)c2c1cnc1[nH]ccc12. The molecule has 0 atom stereocenters. The number of rotatable bonds is 3. The molecule has 138 valence electrons. The summed E-state index contributed by atoms with van der Waals surface area (Å²) in [6.07, 6.45) is 9.46. The summed E-state index contributed by atoms with van der Waals surface area (Å²) in [5, 5.41) is 1.69. The van der Waals surface area contributed by atoms with E-state index in [1.165, 1.54) is 4.88 Å². The molecular formula is C19H18ClN5OS. The molecule has 1 N–H and O–H groups in total. The number of nitrogens with one attached hydrogen (secondary N) is 1. The van der Waals surface area contributed by atoms with Crippen molar-refractivity contribution in [2.75, 3.05) is 13.1 Å². The normalized spacial score (nSPS) is 16.5. The number of pyridine rings is 2. The summed E-state index contributed by atoms with van der Waals surface area (Å²) in [7, 11) is 0. The smallest absolute Gasteiger partial charge is 0.190 e. The van der Waals surface area contributed by atoms with Gasteiger partial charge in [-0.25, -0.2) is 9.97 Å². The number of likely N-dealkylation sites (tertiary alicyclic amines) is 1. The van der Waals surface area contributed by atoms with Crippen molar-refractivity contribution in [3.63, 3.8) is 0 Å². The monoisotopic (exact) mass is 399 g/mol. The standard InChI is InChI=1S/C19H18ClN5OS/c20-19-23-9-13(27-19)11-24-6-2-12(3-7-24)25-8-4-16(26)15-10-22-18-14(17(15)25)1-5-21-18/h1,4-5,8-10,12H,2-3,6-7,11H2,(H,21,22). The van der Waals surface area contributed by atoms with Crippen LogP contribution in [0.15, 0.2) is 41.7 Å². The van der Waals surface area contributed by atoms with Crippen molar-refractivity contribution in [1.82, 2.24) is 24.4 Å². The molecular weight excluding hydrogens is 382 g/mol. The third-order valence-corrected chi connectivity index (χ3v) is 6.42. The highest BCUT2D eigenvalue weighted by atomic mass is 35.5. The zero-order chi connectivity index (χ0) is 18.4. The first-order chi connectivity index (χ1) is 13.2. The number of hydrogen-bond acceptors (Lipinski definition) is 5. The van der Waals surface area contributed by atoms with Crippen LogP contribution in [-0.2, 0) is 6.54 Å². The summed E-state index contributed by atoms with van der Waals surface area (Å²) in [6.45, 7) is 2.92. The Hall–Kier alpha value is -2.22. The molecule has 4 aromatic heterocycles. The van der Waals surface area contributed by atoms with Gasteiger partial charge >= 0.3 is 0 Å². The third kappa shape index (κ3) is 3.05. The Morgan fingerprint density at radius 3 is 2.81 bits per heavy atom. The third-order valence-electron chi connectivity index (χ3n) is 5.32. The zero-order valence-electron chi connectivity index (χ0n) is 14.6. The number of piperidine rings is 1. The highest BCUT2D eigenvalue weighted by Crippen LogP contribution is 2.30. The van der Waals surface area contributed by atoms with Gasteiger partial charge in [-0.3, -0.25) is 9.69 Å². The van der Waals surface area contributed by atoms with Gasteiger partial charge in [0.25, 0.3) is 0 Å². The number of H-pyrrole nitrogens is 1. The second kappa shape index (κ2) is 6.74. The molecule has 0 aromatic carbocycles. The number of aromatic amines is 1. The number of nitrogens with zero attached hydrogens (tertiary/aromatic N) is 4. The molecule has 4 aromatic rings. The van der Waals surface area contributed by atoms with Crippen molar-refractivity contribution in [3.8, 4) is 0 Å². The van der Waals surface area contributed by atoms with Crippen LogP contribution in [0.4, 0.5) is 0 Å². The minimum Gasteiger partial charge on any atom is -0.346 e. The molecule has 8 heteroatoms. The molecule has 0 saturated carbocycles. The Balaban J connectivity index is 1.44. The molecule has 1 fully saturated rings. The van der Waals surface area contributed by atoms with E-state index in [1.54, 1.807) is 23.6 Å². The number of thiazole rings is 1. The quantitative estimate of drug-likeness (QED) is 0.568. The molecule has 0 radical (unpaired) electrons. The summed E-state index contributed by atoms with van der Waals surface area (Å²) in [5.74, 6) is 0. The molecule has 5 rings (SSSR count). The average Bonchev–Trinajstić information content (AvgIpc) is 3.31. The Labute approximate surface area is 164 Å². The first-order valence-corrected chi connectivity index (χ1v) is 10.2. The van der Waals surface area contributed by atoms with E-state index in [4.69, 9.17) is 11.6 Å². The van der Waals surface area contributed by atoms with Crippen LogP contribution in [0.5, 0.6) is 0 Å². The minimum absolute atomic E-state index is 0.0244. The minimum atomic E-state index is 0.0244. The van der Waals surface area contributed by atoms with E-state index in [0.717, 1.165) is 49.0 Å². The lowest BCUT2D eigenvalue weighted by atomic mass is 10.0. The van der Waals surface area contributed by atoms with Gasteiger partial charge in [-0.1, -0.05) is 11.6 Å². The lowest BCUT2D eigenvalue weighted by Gasteiger charge is -2.33. The van der Waals surface area contributed by atoms with Gasteiger partial charge in [-0.2, -0.15) is 0 Å². The lowest BCUT2D eigenvalue weighted by molar-refractivity contribution is 0.182. The molecule has 0 bridgehead atoms. The van der Waals surface area contributed by atoms with E-state index in [2.05, 4.69) is 24.4 Å². The van der Waals surface area contributed by atoms with Crippen molar-refractivity contribution < 1.29 is 0 Å². The van der Waals surface area contributed by atoms with Gasteiger partial charge in [-0.05, 0) is 18.9 Å². The van der Waals surface area contributed by atoms with Crippen LogP contribution < -0.4 is 5.43 Å². The van der Waals surface area contributed by atoms with Crippen LogP contribution in [-0.4, -0.2) is 37.5 Å². The van der Waals surface area contributed by atoms with Crippen LogP contribution in [0.1, 0.15) is 23.8 Å². The molecule has 0 aliphatic carbocycles. The molecule has 0 unspecified atom stereocenters. The van der Waals surface area contributed by atoms with Gasteiger partial charge in [0.2, 0.25) is 0 Å². The van der Waals surface area contributed by atoms with Gasteiger partial charge in [-0.15, -0.1) is 11.3 Å². The number of halogens is 1. The predicted molar refractivity (Wildman–Crippen MR) is 109 cm³/mol. The Morgan fingerprint density at radius 1 is 1.19 bits per heavy atom. The summed E-state index contributed by atoms with van der Waals surface area (Å²) in [6, 6.07) is 4.03. The highest BCUT2D eigenvalue weighted by Gasteiger charge is 2.23. The van der Waals surface area contributed by atoms with Crippen molar-refractivity contribution >= 4 is 44.9 Å². The maximum atomic E-state index is 12.3. The first kappa shape index (κ1) is 16.9. The van der Waals surface area contributed by atoms with E-state index in [0.29, 0.717) is 15.9 Å². The average molecular weight is 400 g/mol. The second-order valence-corrected chi connectivity index (χ2v) is 8.63. The predicted octanol–water partition coefficient (Wildman–Crippen LogP) is 3.82. The van der Waals surface area contributed by atoms with Crippen molar-refractivity contribution in [1.29, 1.82) is 0 Å². The fourth-order valence-corrected chi connectivity index (χ4v) is 5.02. The van der Waals surface area contributed by atoms with Crippen LogP contribution in [0, 0.1) is 0 Å². The fraction of sp³-hybridized carbons (Fsp3) is 0.316. The van der Waals surface area contributed by atoms with Crippen LogP contribution >= 0.6 is 22.9 Å². The molecule has 1 aliphatic heterocycles. The molecule has 1 aliphatic rings. The highest BCUT2D eigenvalue weighted by molar-refractivity contribution is 7.15. The molecule has 0 spiro atoms. The van der Waals surface area contributed by atoms with E-state index in [-0.39, 0.29) is 5.43 Å². The Bertz CT molecular complexity index is 1170. The molecule has 6 nitrogen and oxygen atoms in total. The van der Waals surface area contributed by atoms with Gasteiger partial charge in [0.1, 0.15) is 5.65 Å². The van der Waals surface area contributed by atoms with Gasteiger partial charge in [0.15, 0.2) is 9.90 Å². The van der Waals surface area contributed by atoms with E-state index >= 15 is 0 Å². The van der Waals surface area contributed by atoms with Crippen LogP contribution in [0.2, 0.25) is 4.47 Å². The zero-order valence-corrected chi connectivity index (χ0v) is 16.1. The summed E-state index contributed by atoms with van der Waals surface area (Å²) in [4.78, 5) is 27.7. The van der Waals surface area contributed by atoms with E-state index in [1.807, 2.05) is 24.7 Å².